The van der Waals surface area contributed by atoms with Gasteiger partial charge in [0.15, 0.2) is 9.84 Å². The van der Waals surface area contributed by atoms with E-state index in [1.807, 2.05) is 0 Å². The number of thioether (sulfide) groups is 1. The second-order valence-corrected chi connectivity index (χ2v) is 9.88. The minimum absolute atomic E-state index is 0.0749. The molecule has 0 aliphatic rings. The molecule has 3 aromatic rings. The maximum atomic E-state index is 12.9. The standard InChI is InChI=1S/C19H18FN3O4S2/c1-12(2)29(25,26)16-5-3-4-13(10-16)18-22-23-19(27-18)21-17(24)11-28-15-8-6-14(20)7-9-15/h3-10,12H,11H2,1-2H3,(H,21,23,24). The SMILES string of the molecule is CC(C)S(=O)(=O)c1cccc(-c2nnc(NC(=O)CSc3ccc(F)cc3)o2)c1. The number of halogens is 1. The molecular weight excluding hydrogens is 417 g/mol. The number of nitrogens with zero attached hydrogens (tertiary/aromatic N) is 2. The summed E-state index contributed by atoms with van der Waals surface area (Å²) < 4.78 is 43.0. The summed E-state index contributed by atoms with van der Waals surface area (Å²) in [7, 11) is -3.44. The van der Waals surface area contributed by atoms with Crippen molar-refractivity contribution in [2.24, 2.45) is 0 Å². The van der Waals surface area contributed by atoms with Crippen molar-refractivity contribution in [1.82, 2.24) is 10.2 Å². The van der Waals surface area contributed by atoms with Crippen molar-refractivity contribution in [2.45, 2.75) is 28.9 Å². The van der Waals surface area contributed by atoms with Crippen molar-refractivity contribution in [3.63, 3.8) is 0 Å². The number of nitrogens with one attached hydrogen (secondary N) is 1. The number of sulfone groups is 1. The number of benzene rings is 2. The van der Waals surface area contributed by atoms with Gasteiger partial charge in [-0.15, -0.1) is 16.9 Å². The van der Waals surface area contributed by atoms with Crippen LogP contribution >= 0.6 is 11.8 Å². The number of anilines is 1. The van der Waals surface area contributed by atoms with Gasteiger partial charge in [0.05, 0.1) is 15.9 Å². The highest BCUT2D eigenvalue weighted by Crippen LogP contribution is 2.25. The number of hydrogen-bond acceptors (Lipinski definition) is 7. The topological polar surface area (TPSA) is 102 Å². The Morgan fingerprint density at radius 2 is 1.90 bits per heavy atom. The molecule has 1 N–H and O–H groups in total. The predicted octanol–water partition coefficient (Wildman–Crippen LogP) is 3.79. The van der Waals surface area contributed by atoms with Crippen LogP contribution in [-0.4, -0.2) is 35.5 Å². The second kappa shape index (κ2) is 8.75. The molecular formula is C19H18FN3O4S2. The lowest BCUT2D eigenvalue weighted by molar-refractivity contribution is -0.113. The van der Waals surface area contributed by atoms with E-state index in [0.29, 0.717) is 5.56 Å². The Bertz CT molecular complexity index is 1110. The molecule has 0 saturated carbocycles. The van der Waals surface area contributed by atoms with E-state index in [1.165, 1.54) is 36.0 Å². The van der Waals surface area contributed by atoms with E-state index in [0.717, 1.165) is 4.90 Å². The van der Waals surface area contributed by atoms with Gasteiger partial charge < -0.3 is 4.42 Å². The quantitative estimate of drug-likeness (QED) is 0.563. The third kappa shape index (κ3) is 5.21. The van der Waals surface area contributed by atoms with Gasteiger partial charge in [0.25, 0.3) is 0 Å². The van der Waals surface area contributed by atoms with E-state index < -0.39 is 15.1 Å². The van der Waals surface area contributed by atoms with E-state index in [-0.39, 0.29) is 34.3 Å². The summed E-state index contributed by atoms with van der Waals surface area (Å²) in [4.78, 5) is 12.9. The monoisotopic (exact) mass is 435 g/mol. The summed E-state index contributed by atoms with van der Waals surface area (Å²) in [5.74, 6) is -0.550. The van der Waals surface area contributed by atoms with Crippen LogP contribution in [0.4, 0.5) is 10.4 Å². The molecule has 10 heteroatoms. The number of amides is 1. The molecule has 0 aliphatic carbocycles. The Labute approximate surface area is 171 Å². The average Bonchev–Trinajstić information content (AvgIpc) is 3.16. The van der Waals surface area contributed by atoms with Gasteiger partial charge in [-0.1, -0.05) is 11.2 Å². The van der Waals surface area contributed by atoms with Crippen molar-refractivity contribution in [3.05, 3.63) is 54.3 Å². The number of hydrogen-bond donors (Lipinski definition) is 1. The zero-order valence-electron chi connectivity index (χ0n) is 15.6. The van der Waals surface area contributed by atoms with Gasteiger partial charge in [-0.25, -0.2) is 12.8 Å². The molecule has 7 nitrogen and oxygen atoms in total. The van der Waals surface area contributed by atoms with E-state index in [1.54, 1.807) is 38.1 Å². The minimum atomic E-state index is -3.44. The van der Waals surface area contributed by atoms with Gasteiger partial charge in [0.1, 0.15) is 5.82 Å². The Balaban J connectivity index is 1.66. The Hall–Kier alpha value is -2.72. The molecule has 2 aromatic carbocycles. The second-order valence-electron chi connectivity index (χ2n) is 6.32. The summed E-state index contributed by atoms with van der Waals surface area (Å²) >= 11 is 1.23. The molecule has 0 bridgehead atoms. The number of carbonyl (C=O) groups is 1. The van der Waals surface area contributed by atoms with Crippen LogP contribution in [0.15, 0.2) is 62.7 Å². The molecule has 0 atom stereocenters. The maximum Gasteiger partial charge on any atom is 0.322 e. The van der Waals surface area contributed by atoms with Gasteiger partial charge in [-0.05, 0) is 56.3 Å². The van der Waals surface area contributed by atoms with Gasteiger partial charge in [0.2, 0.25) is 11.8 Å². The van der Waals surface area contributed by atoms with Crippen LogP contribution in [0.25, 0.3) is 11.5 Å². The molecule has 0 saturated heterocycles. The average molecular weight is 436 g/mol. The van der Waals surface area contributed by atoms with E-state index in [4.69, 9.17) is 4.42 Å². The van der Waals surface area contributed by atoms with Crippen LogP contribution in [0.5, 0.6) is 0 Å². The first-order valence-corrected chi connectivity index (χ1v) is 11.1. The molecule has 0 aliphatic heterocycles. The lowest BCUT2D eigenvalue weighted by atomic mass is 10.2. The summed E-state index contributed by atoms with van der Waals surface area (Å²) in [5.41, 5.74) is 0.431. The maximum absolute atomic E-state index is 12.9. The van der Waals surface area contributed by atoms with E-state index in [2.05, 4.69) is 15.5 Å². The van der Waals surface area contributed by atoms with Gasteiger partial charge in [-0.2, -0.15) is 0 Å². The first-order chi connectivity index (χ1) is 13.8. The van der Waals surface area contributed by atoms with Crippen molar-refractivity contribution >= 4 is 33.5 Å². The number of carbonyl (C=O) groups excluding carboxylic acids is 1. The normalized spacial score (nSPS) is 11.6. The first kappa shape index (κ1) is 21.0. The molecule has 0 unspecified atom stereocenters. The molecule has 1 amide bonds. The molecule has 29 heavy (non-hydrogen) atoms. The van der Waals surface area contributed by atoms with E-state index >= 15 is 0 Å². The molecule has 1 aromatic heterocycles. The summed E-state index contributed by atoms with van der Waals surface area (Å²) in [6.07, 6.45) is 0. The Morgan fingerprint density at radius 3 is 2.59 bits per heavy atom. The highest BCUT2D eigenvalue weighted by molar-refractivity contribution is 8.00. The molecule has 152 valence electrons. The molecule has 1 heterocycles. The highest BCUT2D eigenvalue weighted by Gasteiger charge is 2.20. The molecule has 0 fully saturated rings. The minimum Gasteiger partial charge on any atom is -0.403 e. The fraction of sp³-hybridized carbons (Fsp3) is 0.211. The van der Waals surface area contributed by atoms with Crippen molar-refractivity contribution in [3.8, 4) is 11.5 Å². The van der Waals surface area contributed by atoms with Crippen LogP contribution in [0.1, 0.15) is 13.8 Å². The number of rotatable bonds is 7. The largest absolute Gasteiger partial charge is 0.403 e. The van der Waals surface area contributed by atoms with Crippen LogP contribution in [0.3, 0.4) is 0 Å². The molecule has 0 spiro atoms. The zero-order valence-corrected chi connectivity index (χ0v) is 17.3. The number of aromatic nitrogens is 2. The Kier molecular flexibility index (Phi) is 6.33. The third-order valence-corrected chi connectivity index (χ3v) is 7.05. The lowest BCUT2D eigenvalue weighted by Gasteiger charge is -2.08. The fourth-order valence-electron chi connectivity index (χ4n) is 2.30. The van der Waals surface area contributed by atoms with Crippen LogP contribution in [0.2, 0.25) is 0 Å². The molecule has 0 radical (unpaired) electrons. The Morgan fingerprint density at radius 1 is 1.17 bits per heavy atom. The first-order valence-electron chi connectivity index (χ1n) is 8.62. The summed E-state index contributed by atoms with van der Waals surface area (Å²) in [5, 5.41) is 9.55. The van der Waals surface area contributed by atoms with Crippen LogP contribution < -0.4 is 5.32 Å². The van der Waals surface area contributed by atoms with Gasteiger partial charge in [0, 0.05) is 10.5 Å². The zero-order chi connectivity index (χ0) is 21.0. The summed E-state index contributed by atoms with van der Waals surface area (Å²) in [6, 6.07) is 11.9. The fourth-order valence-corrected chi connectivity index (χ4v) is 4.11. The van der Waals surface area contributed by atoms with Gasteiger partial charge in [-0.3, -0.25) is 10.1 Å². The van der Waals surface area contributed by atoms with Gasteiger partial charge >= 0.3 is 6.01 Å². The predicted molar refractivity (Wildman–Crippen MR) is 108 cm³/mol. The van der Waals surface area contributed by atoms with Crippen LogP contribution in [-0.2, 0) is 14.6 Å². The smallest absolute Gasteiger partial charge is 0.322 e. The lowest BCUT2D eigenvalue weighted by Crippen LogP contribution is -2.14. The van der Waals surface area contributed by atoms with Crippen molar-refractivity contribution in [1.29, 1.82) is 0 Å². The summed E-state index contributed by atoms with van der Waals surface area (Å²) in [6.45, 7) is 3.21. The van der Waals surface area contributed by atoms with Crippen molar-refractivity contribution in [2.75, 3.05) is 11.1 Å². The molecule has 3 rings (SSSR count). The van der Waals surface area contributed by atoms with Crippen LogP contribution in [0, 0.1) is 5.82 Å². The van der Waals surface area contributed by atoms with Crippen molar-refractivity contribution < 1.29 is 22.0 Å². The third-order valence-electron chi connectivity index (χ3n) is 3.89. The van der Waals surface area contributed by atoms with E-state index in [9.17, 15) is 17.6 Å². The highest BCUT2D eigenvalue weighted by atomic mass is 32.2.